The van der Waals surface area contributed by atoms with Crippen molar-refractivity contribution in [2.45, 2.75) is 31.0 Å². The van der Waals surface area contributed by atoms with Crippen LogP contribution in [0.2, 0.25) is 0 Å². The lowest BCUT2D eigenvalue weighted by atomic mass is 10.1. The summed E-state index contributed by atoms with van der Waals surface area (Å²) in [5.41, 5.74) is 0. The van der Waals surface area contributed by atoms with Gasteiger partial charge in [-0.15, -0.1) is 10.2 Å². The minimum atomic E-state index is -3.97. The van der Waals surface area contributed by atoms with Crippen molar-refractivity contribution in [1.82, 2.24) is 14.8 Å². The van der Waals surface area contributed by atoms with E-state index in [1.54, 1.807) is 6.92 Å². The third-order valence-electron chi connectivity index (χ3n) is 2.88. The zero-order valence-electron chi connectivity index (χ0n) is 9.57. The molecule has 0 saturated carbocycles. The first kappa shape index (κ1) is 13.8. The Morgan fingerprint density at radius 2 is 2.11 bits per heavy atom. The molecule has 0 amide bonds. The van der Waals surface area contributed by atoms with E-state index in [0.717, 1.165) is 0 Å². The Labute approximate surface area is 109 Å². The van der Waals surface area contributed by atoms with E-state index >= 15 is 0 Å². The van der Waals surface area contributed by atoms with Crippen molar-refractivity contribution in [3.63, 3.8) is 0 Å². The molecule has 0 bridgehead atoms. The van der Waals surface area contributed by atoms with Gasteiger partial charge in [-0.3, -0.25) is 0 Å². The number of aromatic nitrogens is 3. The maximum Gasteiger partial charge on any atom is 0.296 e. The maximum absolute atomic E-state index is 11.4. The molecule has 18 heavy (non-hydrogen) atoms. The lowest BCUT2D eigenvalue weighted by Gasteiger charge is -2.09. The Morgan fingerprint density at radius 1 is 1.44 bits per heavy atom. The quantitative estimate of drug-likeness (QED) is 0.735. The average Bonchev–Trinajstić information content (AvgIpc) is 2.79. The van der Waals surface area contributed by atoms with Gasteiger partial charge in [0, 0.05) is 23.1 Å². The van der Waals surface area contributed by atoms with E-state index in [2.05, 4.69) is 10.2 Å². The second-order valence-electron chi connectivity index (χ2n) is 4.12. The topological polar surface area (TPSA) is 99.0 Å². The van der Waals surface area contributed by atoms with Crippen LogP contribution in [0, 0.1) is 0 Å². The number of hydrogen-bond donors (Lipinski definition) is 0. The van der Waals surface area contributed by atoms with Crippen LogP contribution in [0.5, 0.6) is 0 Å². The summed E-state index contributed by atoms with van der Waals surface area (Å²) in [6.45, 7) is 2.04. The molecule has 10 heteroatoms. The van der Waals surface area contributed by atoms with E-state index in [4.69, 9.17) is 10.7 Å². The normalized spacial score (nSPS) is 23.3. The zero-order valence-corrected chi connectivity index (χ0v) is 12.0. The summed E-state index contributed by atoms with van der Waals surface area (Å²) in [5.74, 6) is 0.136. The van der Waals surface area contributed by atoms with E-state index in [1.165, 1.54) is 4.57 Å². The molecule has 1 aliphatic heterocycles. The van der Waals surface area contributed by atoms with Gasteiger partial charge >= 0.3 is 0 Å². The number of rotatable bonds is 3. The molecule has 102 valence electrons. The summed E-state index contributed by atoms with van der Waals surface area (Å²) in [6.07, 6.45) is 0.433. The molecular formula is C8H12ClN3O4S2. The average molecular weight is 314 g/mol. The van der Waals surface area contributed by atoms with Crippen LogP contribution in [-0.2, 0) is 25.4 Å². The van der Waals surface area contributed by atoms with Crippen molar-refractivity contribution in [3.05, 3.63) is 5.82 Å². The van der Waals surface area contributed by atoms with Crippen LogP contribution in [0.1, 0.15) is 25.1 Å². The van der Waals surface area contributed by atoms with E-state index in [9.17, 15) is 16.8 Å². The van der Waals surface area contributed by atoms with Crippen LogP contribution in [0.25, 0.3) is 0 Å². The van der Waals surface area contributed by atoms with E-state index in [0.29, 0.717) is 18.8 Å². The molecule has 0 aliphatic carbocycles. The third-order valence-corrected chi connectivity index (χ3v) is 5.80. The lowest BCUT2D eigenvalue weighted by Crippen LogP contribution is -2.13. The van der Waals surface area contributed by atoms with Gasteiger partial charge in [0.15, 0.2) is 9.84 Å². The Kier molecular flexibility index (Phi) is 3.41. The molecule has 1 aromatic rings. The van der Waals surface area contributed by atoms with E-state index < -0.39 is 18.9 Å². The fourth-order valence-corrected chi connectivity index (χ4v) is 4.78. The smallest absolute Gasteiger partial charge is 0.296 e. The van der Waals surface area contributed by atoms with Gasteiger partial charge in [0.2, 0.25) is 0 Å². The van der Waals surface area contributed by atoms with Gasteiger partial charge in [-0.25, -0.2) is 16.8 Å². The Morgan fingerprint density at radius 3 is 2.56 bits per heavy atom. The number of nitrogens with zero attached hydrogens (tertiary/aromatic N) is 3. The fourth-order valence-electron chi connectivity index (χ4n) is 2.08. The summed E-state index contributed by atoms with van der Waals surface area (Å²) in [7, 11) is -1.78. The van der Waals surface area contributed by atoms with Gasteiger partial charge in [0.1, 0.15) is 5.82 Å². The van der Waals surface area contributed by atoms with Gasteiger partial charge in [0.25, 0.3) is 14.2 Å². The Bertz CT molecular complexity index is 665. The monoisotopic (exact) mass is 313 g/mol. The van der Waals surface area contributed by atoms with Crippen molar-refractivity contribution < 1.29 is 16.8 Å². The molecule has 1 atom stereocenters. The van der Waals surface area contributed by atoms with Gasteiger partial charge < -0.3 is 4.57 Å². The first-order valence-corrected chi connectivity index (χ1v) is 9.46. The van der Waals surface area contributed by atoms with Gasteiger partial charge in [-0.2, -0.15) is 0 Å². The van der Waals surface area contributed by atoms with Crippen LogP contribution in [0.4, 0.5) is 0 Å². The predicted molar refractivity (Wildman–Crippen MR) is 64.7 cm³/mol. The molecule has 1 aliphatic rings. The molecule has 1 aromatic heterocycles. The second-order valence-corrected chi connectivity index (χ2v) is 8.81. The number of sulfone groups is 1. The van der Waals surface area contributed by atoms with Crippen LogP contribution in [0.15, 0.2) is 5.16 Å². The fraction of sp³-hybridized carbons (Fsp3) is 0.750. The van der Waals surface area contributed by atoms with Crippen molar-refractivity contribution in [2.24, 2.45) is 0 Å². The summed E-state index contributed by atoms with van der Waals surface area (Å²) in [5, 5.41) is 7.01. The summed E-state index contributed by atoms with van der Waals surface area (Å²) in [6, 6.07) is 0. The highest BCUT2D eigenvalue weighted by atomic mass is 35.7. The Balaban J connectivity index is 2.45. The van der Waals surface area contributed by atoms with Gasteiger partial charge in [-0.05, 0) is 13.3 Å². The number of hydrogen-bond acceptors (Lipinski definition) is 6. The van der Waals surface area contributed by atoms with Crippen molar-refractivity contribution in [3.8, 4) is 0 Å². The van der Waals surface area contributed by atoms with Crippen molar-refractivity contribution in [1.29, 1.82) is 0 Å². The summed E-state index contributed by atoms with van der Waals surface area (Å²) < 4.78 is 46.8. The number of halogens is 1. The molecule has 0 aromatic carbocycles. The van der Waals surface area contributed by atoms with E-state index in [-0.39, 0.29) is 22.6 Å². The van der Waals surface area contributed by atoms with Crippen molar-refractivity contribution in [2.75, 3.05) is 11.5 Å². The van der Waals surface area contributed by atoms with Crippen molar-refractivity contribution >= 4 is 29.6 Å². The van der Waals surface area contributed by atoms with Gasteiger partial charge in [0.05, 0.1) is 11.5 Å². The standard InChI is InChI=1S/C8H12ClN3O4S2/c1-2-12-7(6-3-4-17(13,14)5-6)10-11-8(12)18(9,15)16/h6H,2-5H2,1H3. The molecular weight excluding hydrogens is 302 g/mol. The molecule has 7 nitrogen and oxygen atoms in total. The molecule has 2 rings (SSSR count). The molecule has 0 spiro atoms. The lowest BCUT2D eigenvalue weighted by molar-refractivity contribution is 0.562. The minimum absolute atomic E-state index is 0.0204. The third kappa shape index (κ3) is 2.52. The van der Waals surface area contributed by atoms with E-state index in [1.807, 2.05) is 0 Å². The summed E-state index contributed by atoms with van der Waals surface area (Å²) in [4.78, 5) is 0. The maximum atomic E-state index is 11.4. The molecule has 1 fully saturated rings. The van der Waals surface area contributed by atoms with Crippen LogP contribution in [-0.4, -0.2) is 43.1 Å². The molecule has 0 radical (unpaired) electrons. The first-order valence-electron chi connectivity index (χ1n) is 5.33. The SMILES string of the molecule is CCn1c(C2CCS(=O)(=O)C2)nnc1S(=O)(=O)Cl. The Hall–Kier alpha value is -0.670. The first-order chi connectivity index (χ1) is 8.24. The molecule has 0 N–H and O–H groups in total. The highest BCUT2D eigenvalue weighted by Gasteiger charge is 2.34. The van der Waals surface area contributed by atoms with Crippen LogP contribution < -0.4 is 0 Å². The largest absolute Gasteiger partial charge is 0.301 e. The summed E-state index contributed by atoms with van der Waals surface area (Å²) >= 11 is 0. The second kappa shape index (κ2) is 4.46. The zero-order chi connectivity index (χ0) is 13.6. The molecule has 2 heterocycles. The van der Waals surface area contributed by atoms with Crippen LogP contribution >= 0.6 is 10.7 Å². The molecule has 1 unspecified atom stereocenters. The predicted octanol–water partition coefficient (Wildman–Crippen LogP) is 0.128. The van der Waals surface area contributed by atoms with Gasteiger partial charge in [-0.1, -0.05) is 0 Å². The highest BCUT2D eigenvalue weighted by molar-refractivity contribution is 8.13. The minimum Gasteiger partial charge on any atom is -0.301 e. The highest BCUT2D eigenvalue weighted by Crippen LogP contribution is 2.29. The van der Waals surface area contributed by atoms with Crippen LogP contribution in [0.3, 0.4) is 0 Å². The molecule has 1 saturated heterocycles.